The normalized spacial score (nSPS) is 15.0. The number of nitrogens with two attached hydrogens (primary N) is 1. The van der Waals surface area contributed by atoms with E-state index in [1.54, 1.807) is 12.3 Å². The van der Waals surface area contributed by atoms with Crippen LogP contribution in [0.4, 0.5) is 0 Å². The first-order valence-electron chi connectivity index (χ1n) is 20.9. The number of carbonyl (C=O) groups excluding carboxylic acids is 1. The first-order chi connectivity index (χ1) is 26.8. The molecule has 0 saturated heterocycles. The van der Waals surface area contributed by atoms with Crippen molar-refractivity contribution in [2.24, 2.45) is 5.73 Å². The van der Waals surface area contributed by atoms with E-state index < -0.39 is 26.0 Å². The highest BCUT2D eigenvalue weighted by molar-refractivity contribution is 7.47. The lowest BCUT2D eigenvalue weighted by Crippen LogP contribution is -2.25. The lowest BCUT2D eigenvalue weighted by Gasteiger charge is -2.19. The quantitative estimate of drug-likeness (QED) is 0.0139. The summed E-state index contributed by atoms with van der Waals surface area (Å²) in [5.74, 6) is -0.391. The van der Waals surface area contributed by atoms with Crippen LogP contribution in [-0.2, 0) is 27.9 Å². The SMILES string of the molecule is CC/C=C\CC(O)/C=C/C=C/C/C=C\C/C=C\C/C=C\CCC(=O)OC[C@H](COP(=O)(O)OCCN)O/C=C/CCCCCCCC/C=C\CCCCCC. The summed E-state index contributed by atoms with van der Waals surface area (Å²) in [5, 5.41) is 9.83. The fraction of sp³-hybridized carbons (Fsp3) is 0.622. The summed E-state index contributed by atoms with van der Waals surface area (Å²) >= 11 is 0. The van der Waals surface area contributed by atoms with E-state index in [1.807, 2.05) is 42.5 Å². The monoisotopic (exact) mass is 790 g/mol. The van der Waals surface area contributed by atoms with Crippen LogP contribution in [-0.4, -0.2) is 54.5 Å². The molecular formula is C45H76NO8P. The maximum absolute atomic E-state index is 12.4. The average Bonchev–Trinajstić information content (AvgIpc) is 3.17. The van der Waals surface area contributed by atoms with E-state index in [-0.39, 0.29) is 32.8 Å². The Morgan fingerprint density at radius 3 is 1.89 bits per heavy atom. The molecule has 3 atom stereocenters. The van der Waals surface area contributed by atoms with Gasteiger partial charge in [-0.1, -0.05) is 144 Å². The van der Waals surface area contributed by atoms with Gasteiger partial charge in [-0.2, -0.15) is 0 Å². The first kappa shape index (κ1) is 52.2. The van der Waals surface area contributed by atoms with Gasteiger partial charge in [0.1, 0.15) is 6.61 Å². The molecule has 9 nitrogen and oxygen atoms in total. The van der Waals surface area contributed by atoms with Crippen molar-refractivity contribution in [3.63, 3.8) is 0 Å². The Hall–Kier alpha value is -2.78. The predicted octanol–water partition coefficient (Wildman–Crippen LogP) is 11.6. The fourth-order valence-electron chi connectivity index (χ4n) is 5.02. The number of esters is 1. The van der Waals surface area contributed by atoms with Crippen LogP contribution in [0, 0.1) is 0 Å². The van der Waals surface area contributed by atoms with Crippen LogP contribution in [0.25, 0.3) is 0 Å². The fourth-order valence-corrected chi connectivity index (χ4v) is 5.79. The summed E-state index contributed by atoms with van der Waals surface area (Å²) in [7, 11) is -4.30. The minimum atomic E-state index is -4.30. The second-order valence-corrected chi connectivity index (χ2v) is 14.8. The number of phosphoric acid groups is 1. The van der Waals surface area contributed by atoms with Crippen LogP contribution in [0.2, 0.25) is 0 Å². The lowest BCUT2D eigenvalue weighted by molar-refractivity contribution is -0.147. The van der Waals surface area contributed by atoms with Crippen LogP contribution >= 0.6 is 7.82 Å². The Bertz CT molecular complexity index is 1170. The Morgan fingerprint density at radius 1 is 0.673 bits per heavy atom. The van der Waals surface area contributed by atoms with Gasteiger partial charge in [-0.05, 0) is 83.1 Å². The van der Waals surface area contributed by atoms with E-state index >= 15 is 0 Å². The van der Waals surface area contributed by atoms with E-state index in [2.05, 4.69) is 56.4 Å². The molecule has 0 fully saturated rings. The van der Waals surface area contributed by atoms with Crippen molar-refractivity contribution in [3.8, 4) is 0 Å². The van der Waals surface area contributed by atoms with E-state index in [1.165, 1.54) is 64.2 Å². The van der Waals surface area contributed by atoms with Crippen molar-refractivity contribution in [2.75, 3.05) is 26.4 Å². The molecule has 0 aromatic carbocycles. The summed E-state index contributed by atoms with van der Waals surface area (Å²) in [6.07, 6.45) is 51.5. The number of hydrogen-bond donors (Lipinski definition) is 3. The van der Waals surface area contributed by atoms with Gasteiger partial charge in [-0.15, -0.1) is 0 Å². The van der Waals surface area contributed by atoms with Crippen LogP contribution in [0.15, 0.2) is 97.4 Å². The van der Waals surface area contributed by atoms with Crippen molar-refractivity contribution < 1.29 is 37.9 Å². The molecule has 10 heteroatoms. The number of carbonyl (C=O) groups is 1. The standard InChI is InChI=1S/C45H76NO8P/c1-3-5-7-8-9-10-11-12-13-14-18-21-24-27-30-34-39-51-44(42-54-55(49,50)53-40-38-46)41-52-45(48)37-33-29-26-23-20-17-15-16-19-22-25-28-32-36-43(47)35-31-6-4-2/h6,10-11,16-17,19-20,25-26,28-29,31-32,34,36,39,43-44,47H,3-5,7-9,12-15,18,21-24,27,30,33,35,37-38,40-42,46H2,1-2H3,(H,49,50)/b11-10-,19-16-,20-17-,28-25+,29-26-,31-6-,36-32+,39-34+/t43?,44-/m1/s1. The Kier molecular flexibility index (Phi) is 38.8. The molecule has 0 aromatic rings. The summed E-state index contributed by atoms with van der Waals surface area (Å²) < 4.78 is 33.1. The molecule has 2 unspecified atom stereocenters. The molecule has 0 aliphatic rings. The molecule has 0 aliphatic heterocycles. The van der Waals surface area contributed by atoms with E-state index in [9.17, 15) is 19.4 Å². The van der Waals surface area contributed by atoms with Gasteiger partial charge >= 0.3 is 13.8 Å². The molecule has 0 heterocycles. The van der Waals surface area contributed by atoms with Crippen molar-refractivity contribution in [3.05, 3.63) is 97.4 Å². The Balaban J connectivity index is 4.30. The van der Waals surface area contributed by atoms with Gasteiger partial charge in [0.05, 0.1) is 25.6 Å². The number of ether oxygens (including phenoxy) is 2. The molecular weight excluding hydrogens is 713 g/mol. The van der Waals surface area contributed by atoms with E-state index in [4.69, 9.17) is 24.3 Å². The minimum Gasteiger partial charge on any atom is -0.492 e. The molecule has 0 amide bonds. The molecule has 0 aliphatic carbocycles. The molecule has 0 saturated carbocycles. The van der Waals surface area contributed by atoms with Gasteiger partial charge in [-0.25, -0.2) is 4.57 Å². The maximum Gasteiger partial charge on any atom is 0.472 e. The van der Waals surface area contributed by atoms with E-state index in [0.29, 0.717) is 12.8 Å². The van der Waals surface area contributed by atoms with Gasteiger partial charge in [0.15, 0.2) is 6.10 Å². The third-order valence-electron chi connectivity index (χ3n) is 8.17. The van der Waals surface area contributed by atoms with Gasteiger partial charge in [0, 0.05) is 13.0 Å². The molecule has 0 aromatic heterocycles. The maximum atomic E-state index is 12.4. The molecule has 0 bridgehead atoms. The summed E-state index contributed by atoms with van der Waals surface area (Å²) in [6.45, 7) is 3.86. The van der Waals surface area contributed by atoms with Crippen molar-refractivity contribution in [2.45, 2.75) is 154 Å². The van der Waals surface area contributed by atoms with Gasteiger partial charge in [-0.3, -0.25) is 13.8 Å². The highest BCUT2D eigenvalue weighted by Crippen LogP contribution is 2.43. The van der Waals surface area contributed by atoms with Crippen molar-refractivity contribution >= 4 is 13.8 Å². The third-order valence-corrected chi connectivity index (χ3v) is 9.15. The summed E-state index contributed by atoms with van der Waals surface area (Å²) in [6, 6.07) is 0. The van der Waals surface area contributed by atoms with E-state index in [0.717, 1.165) is 44.9 Å². The van der Waals surface area contributed by atoms with Crippen LogP contribution in [0.1, 0.15) is 142 Å². The molecule has 0 spiro atoms. The first-order valence-corrected chi connectivity index (χ1v) is 22.4. The van der Waals surface area contributed by atoms with Crippen molar-refractivity contribution in [1.82, 2.24) is 0 Å². The molecule has 55 heavy (non-hydrogen) atoms. The highest BCUT2D eigenvalue weighted by Gasteiger charge is 2.24. The second kappa shape index (κ2) is 40.9. The largest absolute Gasteiger partial charge is 0.492 e. The lowest BCUT2D eigenvalue weighted by atomic mass is 10.1. The molecule has 4 N–H and O–H groups in total. The van der Waals surface area contributed by atoms with Gasteiger partial charge < -0.3 is 25.2 Å². The van der Waals surface area contributed by atoms with Crippen LogP contribution in [0.5, 0.6) is 0 Å². The molecule has 0 rings (SSSR count). The topological polar surface area (TPSA) is 138 Å². The predicted molar refractivity (Wildman–Crippen MR) is 229 cm³/mol. The number of rotatable bonds is 38. The highest BCUT2D eigenvalue weighted by atomic mass is 31.2. The number of allylic oxidation sites excluding steroid dienone is 13. The third kappa shape index (κ3) is 40.7. The number of aliphatic hydroxyl groups excluding tert-OH is 1. The number of hydrogen-bond acceptors (Lipinski definition) is 8. The number of phosphoric ester groups is 1. The van der Waals surface area contributed by atoms with Crippen LogP contribution in [0.3, 0.4) is 0 Å². The van der Waals surface area contributed by atoms with Crippen molar-refractivity contribution in [1.29, 1.82) is 0 Å². The van der Waals surface area contributed by atoms with Gasteiger partial charge in [0.2, 0.25) is 0 Å². The zero-order chi connectivity index (χ0) is 40.3. The Labute approximate surface area is 334 Å². The number of aliphatic hydroxyl groups is 1. The second-order valence-electron chi connectivity index (χ2n) is 13.4. The molecule has 314 valence electrons. The Morgan fingerprint density at radius 2 is 1.25 bits per heavy atom. The zero-order valence-corrected chi connectivity index (χ0v) is 35.1. The average molecular weight is 790 g/mol. The number of unbranched alkanes of at least 4 members (excludes halogenated alkanes) is 11. The van der Waals surface area contributed by atoms with Gasteiger partial charge in [0.25, 0.3) is 0 Å². The summed E-state index contributed by atoms with van der Waals surface area (Å²) in [5.41, 5.74) is 5.35. The smallest absolute Gasteiger partial charge is 0.472 e. The molecule has 0 radical (unpaired) electrons. The van der Waals surface area contributed by atoms with Crippen LogP contribution < -0.4 is 5.73 Å². The minimum absolute atomic E-state index is 0.0788. The zero-order valence-electron chi connectivity index (χ0n) is 34.2. The summed E-state index contributed by atoms with van der Waals surface area (Å²) in [4.78, 5) is 22.2.